The van der Waals surface area contributed by atoms with E-state index < -0.39 is 0 Å². The second-order valence-corrected chi connectivity index (χ2v) is 7.97. The summed E-state index contributed by atoms with van der Waals surface area (Å²) in [6.07, 6.45) is 6.13. The lowest BCUT2D eigenvalue weighted by Crippen LogP contribution is -2.23. The minimum atomic E-state index is -0.181. The van der Waals surface area contributed by atoms with Crippen molar-refractivity contribution in [3.8, 4) is 22.7 Å². The van der Waals surface area contributed by atoms with Gasteiger partial charge >= 0.3 is 0 Å². The van der Waals surface area contributed by atoms with Crippen LogP contribution < -0.4 is 14.8 Å². The van der Waals surface area contributed by atoms with Gasteiger partial charge in [0.1, 0.15) is 17.8 Å². The van der Waals surface area contributed by atoms with E-state index in [-0.39, 0.29) is 5.56 Å². The van der Waals surface area contributed by atoms with Crippen LogP contribution in [0, 0.1) is 0 Å². The van der Waals surface area contributed by atoms with Crippen molar-refractivity contribution in [2.45, 2.75) is 13.3 Å². The summed E-state index contributed by atoms with van der Waals surface area (Å²) in [5, 5.41) is 8.82. The Morgan fingerprint density at radius 3 is 2.65 bits per heavy atom. The number of rotatable bonds is 6. The SMILES string of the molecule is CCCOc1ccc(-c2nn(-c3ccccc3)cc2/C=c2\sc3ncnn3c2=O)cc1. The second-order valence-electron chi connectivity index (χ2n) is 6.96. The van der Waals surface area contributed by atoms with Crippen molar-refractivity contribution in [2.24, 2.45) is 0 Å². The van der Waals surface area contributed by atoms with E-state index in [2.05, 4.69) is 17.0 Å². The fourth-order valence-electron chi connectivity index (χ4n) is 3.28. The van der Waals surface area contributed by atoms with Crippen molar-refractivity contribution >= 4 is 22.4 Å². The minimum Gasteiger partial charge on any atom is -0.494 e. The summed E-state index contributed by atoms with van der Waals surface area (Å²) >= 11 is 1.31. The first-order valence-electron chi connectivity index (χ1n) is 9.95. The fraction of sp³-hybridized carbons (Fsp3) is 0.130. The lowest BCUT2D eigenvalue weighted by molar-refractivity contribution is 0.317. The average molecular weight is 430 g/mol. The van der Waals surface area contributed by atoms with Crippen LogP contribution in [0.15, 0.2) is 71.9 Å². The predicted molar refractivity (Wildman–Crippen MR) is 121 cm³/mol. The van der Waals surface area contributed by atoms with Crippen LogP contribution >= 0.6 is 11.3 Å². The number of hydrogen-bond donors (Lipinski definition) is 0. The quantitative estimate of drug-likeness (QED) is 0.414. The van der Waals surface area contributed by atoms with Gasteiger partial charge in [-0.15, -0.1) is 0 Å². The number of para-hydroxylation sites is 1. The highest BCUT2D eigenvalue weighted by atomic mass is 32.1. The van der Waals surface area contributed by atoms with Crippen LogP contribution in [-0.4, -0.2) is 31.0 Å². The Kier molecular flexibility index (Phi) is 5.05. The number of fused-ring (bicyclic) bond motifs is 1. The topological polar surface area (TPSA) is 74.3 Å². The third kappa shape index (κ3) is 3.73. The molecule has 2 aromatic carbocycles. The van der Waals surface area contributed by atoms with Crippen molar-refractivity contribution in [1.82, 2.24) is 24.4 Å². The third-order valence-corrected chi connectivity index (χ3v) is 5.74. The smallest absolute Gasteiger partial charge is 0.291 e. The van der Waals surface area contributed by atoms with Crippen LogP contribution in [0.4, 0.5) is 0 Å². The zero-order valence-electron chi connectivity index (χ0n) is 16.8. The molecule has 154 valence electrons. The lowest BCUT2D eigenvalue weighted by Gasteiger charge is -2.05. The molecule has 8 heteroatoms. The van der Waals surface area contributed by atoms with Crippen LogP contribution in [0.3, 0.4) is 0 Å². The zero-order valence-corrected chi connectivity index (χ0v) is 17.6. The second kappa shape index (κ2) is 8.16. The Labute approximate surface area is 181 Å². The van der Waals surface area contributed by atoms with Crippen molar-refractivity contribution < 1.29 is 4.74 Å². The van der Waals surface area contributed by atoms with E-state index in [9.17, 15) is 4.79 Å². The van der Waals surface area contributed by atoms with Gasteiger partial charge in [-0.2, -0.15) is 14.7 Å². The van der Waals surface area contributed by atoms with Gasteiger partial charge in [-0.3, -0.25) is 4.79 Å². The van der Waals surface area contributed by atoms with E-state index >= 15 is 0 Å². The van der Waals surface area contributed by atoms with Gasteiger partial charge in [0.25, 0.3) is 5.56 Å². The van der Waals surface area contributed by atoms with Gasteiger partial charge in [0.2, 0.25) is 4.96 Å². The molecule has 0 amide bonds. The van der Waals surface area contributed by atoms with Crippen molar-refractivity contribution in [2.75, 3.05) is 6.61 Å². The van der Waals surface area contributed by atoms with E-state index in [1.54, 1.807) is 0 Å². The summed E-state index contributed by atoms with van der Waals surface area (Å²) < 4.78 is 9.40. The molecule has 3 heterocycles. The highest BCUT2D eigenvalue weighted by Gasteiger charge is 2.13. The maximum atomic E-state index is 12.7. The summed E-state index contributed by atoms with van der Waals surface area (Å²) in [6, 6.07) is 17.7. The van der Waals surface area contributed by atoms with Crippen LogP contribution in [0.25, 0.3) is 28.0 Å². The molecule has 7 nitrogen and oxygen atoms in total. The Bertz CT molecular complexity index is 1440. The molecular formula is C23H19N5O2S. The summed E-state index contributed by atoms with van der Waals surface area (Å²) in [5.74, 6) is 0.825. The molecule has 0 atom stereocenters. The molecule has 31 heavy (non-hydrogen) atoms. The predicted octanol–water partition coefficient (Wildman–Crippen LogP) is 3.34. The minimum absolute atomic E-state index is 0.181. The summed E-state index contributed by atoms with van der Waals surface area (Å²) in [7, 11) is 0. The number of hydrogen-bond acceptors (Lipinski definition) is 6. The van der Waals surface area contributed by atoms with Gasteiger partial charge in [-0.25, -0.2) is 9.67 Å². The molecule has 0 saturated heterocycles. The average Bonchev–Trinajstić information content (AvgIpc) is 3.51. The molecule has 5 rings (SSSR count). The largest absolute Gasteiger partial charge is 0.494 e. The molecule has 0 saturated carbocycles. The molecule has 0 aliphatic heterocycles. The number of thiazole rings is 1. The first-order chi connectivity index (χ1) is 15.2. The van der Waals surface area contributed by atoms with Gasteiger partial charge < -0.3 is 4.74 Å². The molecule has 5 aromatic rings. The van der Waals surface area contributed by atoms with Gasteiger partial charge in [-0.05, 0) is 48.9 Å². The molecule has 0 radical (unpaired) electrons. The van der Waals surface area contributed by atoms with E-state index in [4.69, 9.17) is 9.84 Å². The Morgan fingerprint density at radius 1 is 1.10 bits per heavy atom. The van der Waals surface area contributed by atoms with Gasteiger partial charge in [0.05, 0.1) is 16.8 Å². The van der Waals surface area contributed by atoms with E-state index in [0.717, 1.165) is 34.7 Å². The molecule has 3 aromatic heterocycles. The fourth-order valence-corrected chi connectivity index (χ4v) is 4.15. The molecule has 0 N–H and O–H groups in total. The van der Waals surface area contributed by atoms with Crippen LogP contribution in [0.5, 0.6) is 5.75 Å². The standard InChI is InChI=1S/C23H19N5O2S/c1-2-12-30-19-10-8-16(9-11-19)21-17(14-27(26-21)18-6-4-3-5-7-18)13-20-22(29)28-23(31-20)24-15-25-28/h3-11,13-15H,2,12H2,1H3/b20-13-. The molecule has 0 bridgehead atoms. The van der Waals surface area contributed by atoms with Crippen LogP contribution in [0.1, 0.15) is 18.9 Å². The normalized spacial score (nSPS) is 12.0. The molecule has 0 unspecified atom stereocenters. The third-order valence-electron chi connectivity index (χ3n) is 4.77. The highest BCUT2D eigenvalue weighted by molar-refractivity contribution is 7.15. The lowest BCUT2D eigenvalue weighted by atomic mass is 10.1. The molecule has 0 aliphatic carbocycles. The molecule has 0 fully saturated rings. The summed E-state index contributed by atoms with van der Waals surface area (Å²) in [5.41, 5.74) is 3.32. The Hall–Kier alpha value is -3.78. The van der Waals surface area contributed by atoms with Crippen LogP contribution in [-0.2, 0) is 0 Å². The zero-order chi connectivity index (χ0) is 21.2. The van der Waals surface area contributed by atoms with Crippen LogP contribution in [0.2, 0.25) is 0 Å². The Balaban J connectivity index is 1.63. The highest BCUT2D eigenvalue weighted by Crippen LogP contribution is 2.26. The maximum Gasteiger partial charge on any atom is 0.291 e. The van der Waals surface area contributed by atoms with Crippen molar-refractivity contribution in [1.29, 1.82) is 0 Å². The maximum absolute atomic E-state index is 12.7. The number of aromatic nitrogens is 5. The summed E-state index contributed by atoms with van der Waals surface area (Å²) in [6.45, 7) is 2.76. The molecule has 0 spiro atoms. The van der Waals surface area contributed by atoms with Gasteiger partial charge in [-0.1, -0.05) is 36.5 Å². The van der Waals surface area contributed by atoms with E-state index in [0.29, 0.717) is 16.1 Å². The van der Waals surface area contributed by atoms with Gasteiger partial charge in [0, 0.05) is 17.3 Å². The first kappa shape index (κ1) is 19.2. The Morgan fingerprint density at radius 2 is 1.90 bits per heavy atom. The van der Waals surface area contributed by atoms with E-state index in [1.165, 1.54) is 22.2 Å². The number of benzene rings is 2. The first-order valence-corrected chi connectivity index (χ1v) is 10.8. The van der Waals surface area contributed by atoms with Crippen molar-refractivity contribution in [3.63, 3.8) is 0 Å². The van der Waals surface area contributed by atoms with Gasteiger partial charge in [0.15, 0.2) is 0 Å². The molecular weight excluding hydrogens is 410 g/mol. The summed E-state index contributed by atoms with van der Waals surface area (Å²) in [4.78, 5) is 17.4. The monoisotopic (exact) mass is 429 g/mol. The number of ether oxygens (including phenoxy) is 1. The molecule has 0 aliphatic rings. The van der Waals surface area contributed by atoms with E-state index in [1.807, 2.05) is 71.6 Å². The van der Waals surface area contributed by atoms with Crippen molar-refractivity contribution in [3.05, 3.63) is 87.6 Å². The number of nitrogens with zero attached hydrogens (tertiary/aromatic N) is 5.